The molecular weight excluding hydrogens is 346 g/mol. The Morgan fingerprint density at radius 1 is 1.00 bits per heavy atom. The number of hydrogen-bond acceptors (Lipinski definition) is 6. The van der Waals surface area contributed by atoms with E-state index in [-0.39, 0.29) is 5.91 Å². The van der Waals surface area contributed by atoms with Crippen LogP contribution in [0.3, 0.4) is 0 Å². The second kappa shape index (κ2) is 7.13. The Hall–Kier alpha value is -2.93. The minimum absolute atomic E-state index is 0.00118. The van der Waals surface area contributed by atoms with Crippen LogP contribution >= 0.6 is 11.3 Å². The summed E-state index contributed by atoms with van der Waals surface area (Å²) in [5, 5.41) is 0.416. The number of piperazine rings is 1. The maximum absolute atomic E-state index is 13.1. The molecule has 6 nitrogen and oxygen atoms in total. The molecule has 1 aliphatic rings. The SMILES string of the molecule is Nc1nc(-c2ccccc2)c(C(=O)N2CCN(c3ccccn3)CC2)s1. The van der Waals surface area contributed by atoms with Gasteiger partial charge in [0.25, 0.3) is 5.91 Å². The van der Waals surface area contributed by atoms with Gasteiger partial charge in [0, 0.05) is 37.9 Å². The number of benzene rings is 1. The van der Waals surface area contributed by atoms with Crippen molar-refractivity contribution in [3.63, 3.8) is 0 Å². The summed E-state index contributed by atoms with van der Waals surface area (Å²) < 4.78 is 0. The van der Waals surface area contributed by atoms with Crippen LogP contribution in [0, 0.1) is 0 Å². The van der Waals surface area contributed by atoms with Gasteiger partial charge in [0.15, 0.2) is 5.13 Å². The average molecular weight is 365 g/mol. The zero-order chi connectivity index (χ0) is 17.9. The maximum Gasteiger partial charge on any atom is 0.266 e. The number of thiazole rings is 1. The second-order valence-corrected chi connectivity index (χ2v) is 7.09. The zero-order valence-electron chi connectivity index (χ0n) is 14.2. The summed E-state index contributed by atoms with van der Waals surface area (Å²) in [6.45, 7) is 2.83. The monoisotopic (exact) mass is 365 g/mol. The van der Waals surface area contributed by atoms with Crippen LogP contribution in [0.25, 0.3) is 11.3 Å². The lowest BCUT2D eigenvalue weighted by Crippen LogP contribution is -2.49. The average Bonchev–Trinajstić information content (AvgIpc) is 3.11. The fraction of sp³-hybridized carbons (Fsp3) is 0.211. The van der Waals surface area contributed by atoms with E-state index in [1.54, 1.807) is 6.20 Å². The molecule has 1 aliphatic heterocycles. The van der Waals surface area contributed by atoms with Crippen LogP contribution in [0.1, 0.15) is 9.67 Å². The molecule has 1 aromatic carbocycles. The number of nitrogens with two attached hydrogens (primary N) is 1. The highest BCUT2D eigenvalue weighted by Gasteiger charge is 2.27. The first-order valence-electron chi connectivity index (χ1n) is 8.49. The summed E-state index contributed by atoms with van der Waals surface area (Å²) in [7, 11) is 0. The third kappa shape index (κ3) is 3.25. The third-order valence-electron chi connectivity index (χ3n) is 4.43. The van der Waals surface area contributed by atoms with E-state index in [1.807, 2.05) is 53.4 Å². The summed E-state index contributed by atoms with van der Waals surface area (Å²) in [5.41, 5.74) is 7.49. The molecule has 0 spiro atoms. The van der Waals surface area contributed by atoms with E-state index in [2.05, 4.69) is 14.9 Å². The molecule has 1 fully saturated rings. The number of nitrogens with zero attached hydrogens (tertiary/aromatic N) is 4. The molecule has 7 heteroatoms. The van der Waals surface area contributed by atoms with E-state index in [9.17, 15) is 4.79 Å². The summed E-state index contributed by atoms with van der Waals surface area (Å²) in [5.74, 6) is 0.949. The van der Waals surface area contributed by atoms with Crippen molar-refractivity contribution in [2.45, 2.75) is 0 Å². The predicted molar refractivity (Wildman–Crippen MR) is 104 cm³/mol. The van der Waals surface area contributed by atoms with E-state index in [1.165, 1.54) is 11.3 Å². The molecule has 0 saturated carbocycles. The lowest BCUT2D eigenvalue weighted by Gasteiger charge is -2.35. The molecule has 0 bridgehead atoms. The molecular formula is C19H19N5OS. The molecule has 0 radical (unpaired) electrons. The van der Waals surface area contributed by atoms with Gasteiger partial charge in [0.05, 0.1) is 5.69 Å². The lowest BCUT2D eigenvalue weighted by atomic mass is 10.1. The molecule has 26 heavy (non-hydrogen) atoms. The molecule has 1 saturated heterocycles. The van der Waals surface area contributed by atoms with Crippen molar-refractivity contribution in [3.05, 3.63) is 59.6 Å². The number of anilines is 2. The zero-order valence-corrected chi connectivity index (χ0v) is 15.0. The van der Waals surface area contributed by atoms with E-state index >= 15 is 0 Å². The number of carbonyl (C=O) groups excluding carboxylic acids is 1. The second-order valence-electron chi connectivity index (χ2n) is 6.06. The summed E-state index contributed by atoms with van der Waals surface area (Å²) in [6.07, 6.45) is 1.79. The van der Waals surface area contributed by atoms with Crippen LogP contribution in [0.15, 0.2) is 54.7 Å². The Bertz CT molecular complexity index is 889. The molecule has 3 aromatic rings. The van der Waals surface area contributed by atoms with Crippen molar-refractivity contribution in [1.29, 1.82) is 0 Å². The number of aromatic nitrogens is 2. The molecule has 2 N–H and O–H groups in total. The Kier molecular flexibility index (Phi) is 4.53. The highest BCUT2D eigenvalue weighted by molar-refractivity contribution is 7.17. The van der Waals surface area contributed by atoms with Gasteiger partial charge in [-0.3, -0.25) is 4.79 Å². The minimum atomic E-state index is -0.00118. The van der Waals surface area contributed by atoms with Gasteiger partial charge >= 0.3 is 0 Å². The minimum Gasteiger partial charge on any atom is -0.375 e. The van der Waals surface area contributed by atoms with Crippen LogP contribution < -0.4 is 10.6 Å². The van der Waals surface area contributed by atoms with Crippen molar-refractivity contribution in [3.8, 4) is 11.3 Å². The number of hydrogen-bond donors (Lipinski definition) is 1. The molecule has 3 heterocycles. The maximum atomic E-state index is 13.1. The van der Waals surface area contributed by atoms with Crippen LogP contribution in [0.2, 0.25) is 0 Å². The van der Waals surface area contributed by atoms with Gasteiger partial charge in [0.2, 0.25) is 0 Å². The van der Waals surface area contributed by atoms with Crippen LogP contribution in [-0.2, 0) is 0 Å². The van der Waals surface area contributed by atoms with Gasteiger partial charge in [-0.05, 0) is 12.1 Å². The summed E-state index contributed by atoms with van der Waals surface area (Å²) in [6, 6.07) is 15.6. The molecule has 0 atom stereocenters. The Morgan fingerprint density at radius 2 is 1.73 bits per heavy atom. The van der Waals surface area contributed by atoms with Gasteiger partial charge in [0.1, 0.15) is 10.7 Å². The van der Waals surface area contributed by atoms with Crippen molar-refractivity contribution in [2.24, 2.45) is 0 Å². The molecule has 0 unspecified atom stereocenters. The van der Waals surface area contributed by atoms with Crippen molar-refractivity contribution < 1.29 is 4.79 Å². The standard InChI is InChI=1S/C19H19N5OS/c20-19-22-16(14-6-2-1-3-7-14)17(26-19)18(25)24-12-10-23(11-13-24)15-8-4-5-9-21-15/h1-9H,10-13H2,(H2,20,22). The van der Waals surface area contributed by atoms with E-state index < -0.39 is 0 Å². The van der Waals surface area contributed by atoms with Gasteiger partial charge in [-0.1, -0.05) is 47.7 Å². The molecule has 0 aliphatic carbocycles. The highest BCUT2D eigenvalue weighted by Crippen LogP contribution is 2.31. The topological polar surface area (TPSA) is 75.3 Å². The van der Waals surface area contributed by atoms with Crippen molar-refractivity contribution in [2.75, 3.05) is 36.8 Å². The normalized spacial score (nSPS) is 14.5. The first kappa shape index (κ1) is 16.5. The van der Waals surface area contributed by atoms with Gasteiger partial charge in [-0.25, -0.2) is 9.97 Å². The third-order valence-corrected chi connectivity index (χ3v) is 5.30. The van der Waals surface area contributed by atoms with Crippen LogP contribution in [0.5, 0.6) is 0 Å². The number of carbonyl (C=O) groups is 1. The van der Waals surface area contributed by atoms with Crippen molar-refractivity contribution >= 4 is 28.2 Å². The van der Waals surface area contributed by atoms with Crippen LogP contribution in [-0.4, -0.2) is 47.0 Å². The van der Waals surface area contributed by atoms with E-state index in [0.29, 0.717) is 28.8 Å². The molecule has 4 rings (SSSR count). The van der Waals surface area contributed by atoms with Crippen molar-refractivity contribution in [1.82, 2.24) is 14.9 Å². The first-order chi connectivity index (χ1) is 12.7. The molecule has 132 valence electrons. The number of rotatable bonds is 3. The van der Waals surface area contributed by atoms with Gasteiger partial charge in [-0.2, -0.15) is 0 Å². The summed E-state index contributed by atoms with van der Waals surface area (Å²) in [4.78, 5) is 26.5. The highest BCUT2D eigenvalue weighted by atomic mass is 32.1. The van der Waals surface area contributed by atoms with Gasteiger partial charge < -0.3 is 15.5 Å². The molecule has 2 aromatic heterocycles. The first-order valence-corrected chi connectivity index (χ1v) is 9.31. The quantitative estimate of drug-likeness (QED) is 0.772. The fourth-order valence-electron chi connectivity index (χ4n) is 3.10. The number of nitrogen functional groups attached to an aromatic ring is 1. The van der Waals surface area contributed by atoms with E-state index in [0.717, 1.165) is 24.5 Å². The predicted octanol–water partition coefficient (Wildman–Crippen LogP) is 2.75. The largest absolute Gasteiger partial charge is 0.375 e. The number of amides is 1. The Balaban J connectivity index is 1.51. The summed E-state index contributed by atoms with van der Waals surface area (Å²) >= 11 is 1.26. The van der Waals surface area contributed by atoms with Crippen LogP contribution in [0.4, 0.5) is 10.9 Å². The molecule has 1 amide bonds. The van der Waals surface area contributed by atoms with Gasteiger partial charge in [-0.15, -0.1) is 0 Å². The Labute approximate surface area is 155 Å². The van der Waals surface area contributed by atoms with E-state index in [4.69, 9.17) is 5.73 Å². The fourth-order valence-corrected chi connectivity index (χ4v) is 3.92. The lowest BCUT2D eigenvalue weighted by molar-refractivity contribution is 0.0752. The smallest absolute Gasteiger partial charge is 0.266 e. The number of pyridine rings is 1. The Morgan fingerprint density at radius 3 is 2.42 bits per heavy atom.